The van der Waals surface area contributed by atoms with E-state index in [0.29, 0.717) is 41.0 Å². The highest BCUT2D eigenvalue weighted by molar-refractivity contribution is 6.34. The Labute approximate surface area is 230 Å². The predicted molar refractivity (Wildman–Crippen MR) is 146 cm³/mol. The molecule has 1 saturated carbocycles. The number of rotatable bonds is 8. The molecule has 3 aromatic rings. The minimum atomic E-state index is -2.67. The molecule has 1 aliphatic carbocycles. The summed E-state index contributed by atoms with van der Waals surface area (Å²) >= 11 is 6.72. The molecule has 0 spiro atoms. The van der Waals surface area contributed by atoms with E-state index in [-0.39, 0.29) is 41.0 Å². The Balaban J connectivity index is 1.66. The molecule has 2 N–H and O–H groups in total. The van der Waals surface area contributed by atoms with Crippen molar-refractivity contribution >= 4 is 23.4 Å². The van der Waals surface area contributed by atoms with Crippen LogP contribution in [0.2, 0.25) is 5.02 Å². The van der Waals surface area contributed by atoms with Crippen LogP contribution in [0.15, 0.2) is 54.1 Å². The highest BCUT2D eigenvalue weighted by Crippen LogP contribution is 2.49. The van der Waals surface area contributed by atoms with E-state index in [9.17, 15) is 23.4 Å². The molecule has 2 heterocycles. The molecule has 9 heteroatoms. The number of hydrogen-bond acceptors (Lipinski definition) is 5. The second kappa shape index (κ2) is 10.2. The van der Waals surface area contributed by atoms with Crippen molar-refractivity contribution in [2.45, 2.75) is 44.3 Å². The molecule has 5 nitrogen and oxygen atoms in total. The average molecular weight is 559 g/mol. The number of methoxy groups -OCH3 is 1. The summed E-state index contributed by atoms with van der Waals surface area (Å²) in [4.78, 5) is 6.48. The van der Waals surface area contributed by atoms with Crippen LogP contribution in [0.4, 0.5) is 18.9 Å². The summed E-state index contributed by atoms with van der Waals surface area (Å²) in [5, 5.41) is 23.5. The summed E-state index contributed by atoms with van der Waals surface area (Å²) in [5.74, 6) is -0.117. The summed E-state index contributed by atoms with van der Waals surface area (Å²) in [5.41, 5.74) is -0.436. The van der Waals surface area contributed by atoms with E-state index in [1.165, 1.54) is 37.5 Å². The standard InChI is InChI=1S/C30H30ClF3N2O3/c1-29(2,37)22-14-24(35-26(25(22)31)17-7-11-21(32)12-8-17)30(38,20-9-10-20)16-36-15-19(28(33)34)13-18-5-4-6-23(39-3)27(18)36/h4-8,11-14,20,28,37-38H,9-10,15-16H2,1-3H3. The van der Waals surface area contributed by atoms with Gasteiger partial charge in [-0.1, -0.05) is 23.7 Å². The third-order valence-electron chi connectivity index (χ3n) is 7.42. The van der Waals surface area contributed by atoms with Gasteiger partial charge in [-0.15, -0.1) is 0 Å². The van der Waals surface area contributed by atoms with Crippen LogP contribution < -0.4 is 9.64 Å². The number of hydrogen-bond donors (Lipinski definition) is 2. The van der Waals surface area contributed by atoms with Gasteiger partial charge in [0.05, 0.1) is 41.4 Å². The number of para-hydroxylation sites is 1. The molecule has 1 fully saturated rings. The number of alkyl halides is 2. The molecular weight excluding hydrogens is 529 g/mol. The van der Waals surface area contributed by atoms with Gasteiger partial charge in [0.1, 0.15) is 17.2 Å². The largest absolute Gasteiger partial charge is 0.495 e. The van der Waals surface area contributed by atoms with Crippen molar-refractivity contribution in [3.63, 3.8) is 0 Å². The van der Waals surface area contributed by atoms with Crippen molar-refractivity contribution in [3.05, 3.63) is 81.8 Å². The maximum atomic E-state index is 13.9. The molecule has 0 bridgehead atoms. The van der Waals surface area contributed by atoms with E-state index in [0.717, 1.165) is 0 Å². The molecule has 1 unspecified atom stereocenters. The molecular formula is C30H30ClF3N2O3. The van der Waals surface area contributed by atoms with Crippen molar-refractivity contribution in [2.24, 2.45) is 5.92 Å². The number of β-amino-alcohol motifs (C(OH)–C–C–N with tert-alkyl or cyclic N) is 1. The maximum Gasteiger partial charge on any atom is 0.261 e. The van der Waals surface area contributed by atoms with Gasteiger partial charge in [0.25, 0.3) is 6.43 Å². The topological polar surface area (TPSA) is 65.8 Å². The molecule has 5 rings (SSSR count). The van der Waals surface area contributed by atoms with E-state index >= 15 is 0 Å². The maximum absolute atomic E-state index is 13.9. The first-order valence-electron chi connectivity index (χ1n) is 12.7. The third kappa shape index (κ3) is 5.25. The van der Waals surface area contributed by atoms with Crippen LogP contribution >= 0.6 is 11.6 Å². The molecule has 1 aromatic heterocycles. The predicted octanol–water partition coefficient (Wildman–Crippen LogP) is 6.54. The van der Waals surface area contributed by atoms with Gasteiger partial charge in [0, 0.05) is 28.8 Å². The molecule has 0 saturated heterocycles. The van der Waals surface area contributed by atoms with E-state index in [1.807, 2.05) is 0 Å². The number of ether oxygens (including phenoxy) is 1. The molecule has 0 radical (unpaired) electrons. The van der Waals surface area contributed by atoms with Crippen molar-refractivity contribution in [1.82, 2.24) is 4.98 Å². The quantitative estimate of drug-likeness (QED) is 0.328. The van der Waals surface area contributed by atoms with Gasteiger partial charge in [0.15, 0.2) is 0 Å². The second-order valence-electron chi connectivity index (χ2n) is 10.8. The summed E-state index contributed by atoms with van der Waals surface area (Å²) in [7, 11) is 1.51. The van der Waals surface area contributed by atoms with Gasteiger partial charge >= 0.3 is 0 Å². The van der Waals surface area contributed by atoms with Crippen LogP contribution in [0.3, 0.4) is 0 Å². The highest BCUT2D eigenvalue weighted by atomic mass is 35.5. The summed E-state index contributed by atoms with van der Waals surface area (Å²) in [6.07, 6.45) is 0.236. The Morgan fingerprint density at radius 2 is 1.82 bits per heavy atom. The van der Waals surface area contributed by atoms with Gasteiger partial charge in [-0.3, -0.25) is 0 Å². The van der Waals surface area contributed by atoms with E-state index in [4.69, 9.17) is 21.3 Å². The zero-order valence-electron chi connectivity index (χ0n) is 21.9. The fraction of sp³-hybridized carbons (Fsp3) is 0.367. The normalized spacial score (nSPS) is 17.1. The van der Waals surface area contributed by atoms with E-state index < -0.39 is 23.4 Å². The lowest BCUT2D eigenvalue weighted by molar-refractivity contribution is 0.0152. The number of benzene rings is 2. The van der Waals surface area contributed by atoms with Gasteiger partial charge in [-0.05, 0) is 75.1 Å². The number of anilines is 1. The summed E-state index contributed by atoms with van der Waals surface area (Å²) in [6.45, 7) is 3.01. The molecule has 2 aromatic carbocycles. The SMILES string of the molecule is COc1cccc2c1N(CC(O)(c1cc(C(C)(C)O)c(Cl)c(-c3ccc(F)cc3)n1)C1CC1)CC(C(F)F)=C2. The van der Waals surface area contributed by atoms with Crippen LogP contribution in [0.25, 0.3) is 17.3 Å². The number of aliphatic hydroxyl groups is 2. The van der Waals surface area contributed by atoms with Crippen molar-refractivity contribution in [1.29, 1.82) is 0 Å². The molecule has 39 heavy (non-hydrogen) atoms. The Hall–Kier alpha value is -3.07. The first-order valence-corrected chi connectivity index (χ1v) is 13.1. The van der Waals surface area contributed by atoms with Crippen molar-refractivity contribution in [3.8, 4) is 17.0 Å². The summed E-state index contributed by atoms with van der Waals surface area (Å²) in [6, 6.07) is 12.4. The Morgan fingerprint density at radius 3 is 2.41 bits per heavy atom. The Kier molecular flexibility index (Phi) is 7.16. The zero-order valence-corrected chi connectivity index (χ0v) is 22.6. The molecule has 2 aliphatic rings. The number of nitrogens with zero attached hydrogens (tertiary/aromatic N) is 2. The van der Waals surface area contributed by atoms with Crippen molar-refractivity contribution in [2.75, 3.05) is 25.1 Å². The van der Waals surface area contributed by atoms with Gasteiger partial charge < -0.3 is 19.8 Å². The number of fused-ring (bicyclic) bond motifs is 1. The minimum Gasteiger partial charge on any atom is -0.495 e. The van der Waals surface area contributed by atoms with Gasteiger partial charge in [-0.2, -0.15) is 0 Å². The summed E-state index contributed by atoms with van der Waals surface area (Å²) < 4.78 is 47.1. The third-order valence-corrected chi connectivity index (χ3v) is 7.81. The Morgan fingerprint density at radius 1 is 1.13 bits per heavy atom. The number of pyridine rings is 1. The van der Waals surface area contributed by atoms with Gasteiger partial charge in [0.2, 0.25) is 0 Å². The lowest BCUT2D eigenvalue weighted by Gasteiger charge is -2.39. The number of halogens is 4. The molecule has 206 valence electrons. The smallest absolute Gasteiger partial charge is 0.261 e. The zero-order chi connectivity index (χ0) is 28.1. The highest BCUT2D eigenvalue weighted by Gasteiger charge is 2.49. The van der Waals surface area contributed by atoms with E-state index in [2.05, 4.69) is 0 Å². The first kappa shape index (κ1) is 27.5. The average Bonchev–Trinajstić information content (AvgIpc) is 3.74. The van der Waals surface area contributed by atoms with Crippen LogP contribution in [-0.4, -0.2) is 41.8 Å². The van der Waals surface area contributed by atoms with Crippen molar-refractivity contribution < 1.29 is 28.1 Å². The lowest BCUT2D eigenvalue weighted by atomic mass is 9.87. The molecule has 1 atom stereocenters. The first-order chi connectivity index (χ1) is 18.4. The van der Waals surface area contributed by atoms with Crippen LogP contribution in [0, 0.1) is 11.7 Å². The monoisotopic (exact) mass is 558 g/mol. The minimum absolute atomic E-state index is 0.0438. The fourth-order valence-corrected chi connectivity index (χ4v) is 5.67. The molecule has 0 amide bonds. The van der Waals surface area contributed by atoms with Crippen LogP contribution in [0.5, 0.6) is 5.75 Å². The van der Waals surface area contributed by atoms with Crippen LogP contribution in [0.1, 0.15) is 43.5 Å². The second-order valence-corrected chi connectivity index (χ2v) is 11.1. The number of aromatic nitrogens is 1. The lowest BCUT2D eigenvalue weighted by Crippen LogP contribution is -2.46. The molecule has 1 aliphatic heterocycles. The fourth-order valence-electron chi connectivity index (χ4n) is 5.24. The van der Waals surface area contributed by atoms with Gasteiger partial charge in [-0.25, -0.2) is 18.2 Å². The van der Waals surface area contributed by atoms with E-state index in [1.54, 1.807) is 43.0 Å². The Bertz CT molecular complexity index is 1420. The van der Waals surface area contributed by atoms with Crippen LogP contribution in [-0.2, 0) is 11.2 Å².